The van der Waals surface area contributed by atoms with Gasteiger partial charge in [0.1, 0.15) is 11.5 Å². The van der Waals surface area contributed by atoms with Crippen LogP contribution in [0.4, 0.5) is 5.82 Å². The Bertz CT molecular complexity index is 1000. The minimum atomic E-state index is -1.05. The number of carbonyl (C=O) groups excluding carboxylic acids is 1. The van der Waals surface area contributed by atoms with Crippen molar-refractivity contribution < 1.29 is 14.7 Å². The average Bonchev–Trinajstić information content (AvgIpc) is 3.09. The zero-order valence-corrected chi connectivity index (χ0v) is 11.7. The maximum atomic E-state index is 12.2. The quantitative estimate of drug-likeness (QED) is 0.629. The van der Waals surface area contributed by atoms with Gasteiger partial charge in [-0.25, -0.2) is 14.8 Å². The van der Waals surface area contributed by atoms with E-state index in [0.717, 1.165) is 0 Å². The molecule has 0 saturated heterocycles. The molecular formula is C16H10N4O3. The van der Waals surface area contributed by atoms with Gasteiger partial charge in [-0.2, -0.15) is 0 Å². The standard InChI is InChI=1S/C16H10N4O3/c21-15-11(9-2-1-4-17-13(9)20-15)6-8-7-19-14-12(8)10(16(22)23)3-5-18-14/h1-7H,(H,18,19)(H,22,23)(H,17,20,21). The molecule has 1 aliphatic heterocycles. The second-order valence-corrected chi connectivity index (χ2v) is 5.04. The number of fused-ring (bicyclic) bond motifs is 2. The van der Waals surface area contributed by atoms with Gasteiger partial charge in [-0.15, -0.1) is 0 Å². The highest BCUT2D eigenvalue weighted by atomic mass is 16.4. The molecule has 7 heteroatoms. The minimum Gasteiger partial charge on any atom is -0.478 e. The van der Waals surface area contributed by atoms with Crippen molar-refractivity contribution in [3.63, 3.8) is 0 Å². The van der Waals surface area contributed by atoms with Crippen molar-refractivity contribution in [1.82, 2.24) is 15.0 Å². The van der Waals surface area contributed by atoms with E-state index in [1.807, 2.05) is 0 Å². The number of pyridine rings is 2. The van der Waals surface area contributed by atoms with Crippen LogP contribution in [0.2, 0.25) is 0 Å². The number of nitrogens with one attached hydrogen (secondary N) is 2. The van der Waals surface area contributed by atoms with Crippen LogP contribution in [-0.4, -0.2) is 31.9 Å². The number of hydrogen-bond donors (Lipinski definition) is 3. The molecule has 0 fully saturated rings. The Hall–Kier alpha value is -3.48. The molecule has 7 nitrogen and oxygen atoms in total. The highest BCUT2D eigenvalue weighted by Crippen LogP contribution is 2.32. The third kappa shape index (κ3) is 1.98. The molecule has 1 amide bonds. The van der Waals surface area contributed by atoms with Crippen molar-refractivity contribution in [2.24, 2.45) is 0 Å². The molecule has 3 aromatic rings. The molecule has 0 saturated carbocycles. The van der Waals surface area contributed by atoms with Gasteiger partial charge in [-0.05, 0) is 24.3 Å². The van der Waals surface area contributed by atoms with Crippen LogP contribution in [0.15, 0.2) is 36.8 Å². The zero-order valence-electron chi connectivity index (χ0n) is 11.7. The second-order valence-electron chi connectivity index (χ2n) is 5.04. The summed E-state index contributed by atoms with van der Waals surface area (Å²) in [5, 5.41) is 12.5. The molecule has 0 unspecified atom stereocenters. The Morgan fingerprint density at radius 1 is 1.22 bits per heavy atom. The van der Waals surface area contributed by atoms with Crippen LogP contribution in [0.5, 0.6) is 0 Å². The van der Waals surface area contributed by atoms with E-state index in [1.165, 1.54) is 12.3 Å². The first-order valence-corrected chi connectivity index (χ1v) is 6.83. The van der Waals surface area contributed by atoms with Crippen molar-refractivity contribution in [2.45, 2.75) is 0 Å². The zero-order chi connectivity index (χ0) is 16.0. The molecule has 0 aromatic carbocycles. The Balaban J connectivity index is 1.95. The third-order valence-electron chi connectivity index (χ3n) is 3.71. The molecule has 0 atom stereocenters. The summed E-state index contributed by atoms with van der Waals surface area (Å²) < 4.78 is 0. The Morgan fingerprint density at radius 2 is 2.09 bits per heavy atom. The van der Waals surface area contributed by atoms with Gasteiger partial charge >= 0.3 is 5.97 Å². The summed E-state index contributed by atoms with van der Waals surface area (Å²) in [4.78, 5) is 34.7. The predicted molar refractivity (Wildman–Crippen MR) is 83.8 cm³/mol. The maximum absolute atomic E-state index is 12.2. The lowest BCUT2D eigenvalue weighted by Gasteiger charge is -2.00. The van der Waals surface area contributed by atoms with Crippen molar-refractivity contribution in [3.05, 3.63) is 53.5 Å². The lowest BCUT2D eigenvalue weighted by molar-refractivity contribution is -0.110. The predicted octanol–water partition coefficient (Wildman–Crippen LogP) is 2.15. The monoisotopic (exact) mass is 306 g/mol. The lowest BCUT2D eigenvalue weighted by Crippen LogP contribution is -2.04. The second kappa shape index (κ2) is 4.77. The summed E-state index contributed by atoms with van der Waals surface area (Å²) in [6.45, 7) is 0. The molecule has 0 bridgehead atoms. The van der Waals surface area contributed by atoms with Gasteiger partial charge in [0.15, 0.2) is 0 Å². The fourth-order valence-electron chi connectivity index (χ4n) is 2.69. The number of nitrogens with zero attached hydrogens (tertiary/aromatic N) is 2. The summed E-state index contributed by atoms with van der Waals surface area (Å²) >= 11 is 0. The molecule has 112 valence electrons. The van der Waals surface area contributed by atoms with E-state index in [0.29, 0.717) is 33.6 Å². The van der Waals surface area contributed by atoms with E-state index in [9.17, 15) is 14.7 Å². The van der Waals surface area contributed by atoms with Crippen LogP contribution < -0.4 is 5.32 Å². The van der Waals surface area contributed by atoms with Gasteiger partial charge in [0, 0.05) is 35.1 Å². The molecule has 4 rings (SSSR count). The number of carboxylic acids is 1. The van der Waals surface area contributed by atoms with Crippen molar-refractivity contribution in [3.8, 4) is 0 Å². The van der Waals surface area contributed by atoms with Crippen LogP contribution >= 0.6 is 0 Å². The van der Waals surface area contributed by atoms with Gasteiger partial charge in [-0.1, -0.05) is 0 Å². The molecule has 3 N–H and O–H groups in total. The highest BCUT2D eigenvalue weighted by Gasteiger charge is 2.25. The summed E-state index contributed by atoms with van der Waals surface area (Å²) in [6, 6.07) is 4.97. The average molecular weight is 306 g/mol. The normalized spacial score (nSPS) is 15.0. The summed E-state index contributed by atoms with van der Waals surface area (Å²) in [6.07, 6.45) is 6.31. The Kier molecular flexibility index (Phi) is 2.74. The van der Waals surface area contributed by atoms with Crippen molar-refractivity contribution in [1.29, 1.82) is 0 Å². The van der Waals surface area contributed by atoms with Crippen LogP contribution in [-0.2, 0) is 4.79 Å². The number of anilines is 1. The molecule has 1 aliphatic rings. The minimum absolute atomic E-state index is 0.132. The topological polar surface area (TPSA) is 108 Å². The first kappa shape index (κ1) is 13.2. The number of aromatic nitrogens is 3. The van der Waals surface area contributed by atoms with Crippen LogP contribution in [0.1, 0.15) is 21.5 Å². The number of hydrogen-bond acceptors (Lipinski definition) is 4. The van der Waals surface area contributed by atoms with Gasteiger partial charge in [0.05, 0.1) is 11.1 Å². The van der Waals surface area contributed by atoms with E-state index in [1.54, 1.807) is 30.6 Å². The number of H-pyrrole nitrogens is 1. The van der Waals surface area contributed by atoms with E-state index in [-0.39, 0.29) is 11.5 Å². The van der Waals surface area contributed by atoms with Crippen LogP contribution in [0.25, 0.3) is 22.7 Å². The SMILES string of the molecule is O=C1Nc2ncccc2C1=Cc1c[nH]c2nccc(C(=O)O)c12. The van der Waals surface area contributed by atoms with Crippen molar-refractivity contribution >= 4 is 40.4 Å². The largest absolute Gasteiger partial charge is 0.478 e. The van der Waals surface area contributed by atoms with Crippen molar-refractivity contribution in [2.75, 3.05) is 5.32 Å². The van der Waals surface area contributed by atoms with Gasteiger partial charge < -0.3 is 15.4 Å². The third-order valence-corrected chi connectivity index (χ3v) is 3.71. The molecule has 4 heterocycles. The molecule has 0 radical (unpaired) electrons. The summed E-state index contributed by atoms with van der Waals surface area (Å²) in [5.41, 5.74) is 2.31. The summed E-state index contributed by atoms with van der Waals surface area (Å²) in [5.74, 6) is -0.816. The van der Waals surface area contributed by atoms with Gasteiger partial charge in [0.2, 0.25) is 0 Å². The maximum Gasteiger partial charge on any atom is 0.336 e. The van der Waals surface area contributed by atoms with E-state index in [2.05, 4.69) is 20.3 Å². The Morgan fingerprint density at radius 3 is 2.91 bits per heavy atom. The Labute approximate surface area is 129 Å². The molecule has 3 aromatic heterocycles. The molecule has 0 aliphatic carbocycles. The van der Waals surface area contributed by atoms with E-state index in [4.69, 9.17) is 0 Å². The fraction of sp³-hybridized carbons (Fsp3) is 0. The number of carboxylic acid groups (broad SMARTS) is 1. The number of aromatic amines is 1. The molecule has 23 heavy (non-hydrogen) atoms. The number of rotatable bonds is 2. The van der Waals surface area contributed by atoms with E-state index < -0.39 is 5.97 Å². The lowest BCUT2D eigenvalue weighted by atomic mass is 10.0. The number of amides is 1. The molecule has 0 spiro atoms. The first-order valence-electron chi connectivity index (χ1n) is 6.83. The highest BCUT2D eigenvalue weighted by molar-refractivity contribution is 6.35. The molecular weight excluding hydrogens is 296 g/mol. The smallest absolute Gasteiger partial charge is 0.336 e. The van der Waals surface area contributed by atoms with Crippen LogP contribution in [0.3, 0.4) is 0 Å². The van der Waals surface area contributed by atoms with Crippen LogP contribution in [0, 0.1) is 0 Å². The van der Waals surface area contributed by atoms with E-state index >= 15 is 0 Å². The number of aromatic carboxylic acids is 1. The van der Waals surface area contributed by atoms with Gasteiger partial charge in [-0.3, -0.25) is 4.79 Å². The summed E-state index contributed by atoms with van der Waals surface area (Å²) in [7, 11) is 0. The van der Waals surface area contributed by atoms with Gasteiger partial charge in [0.25, 0.3) is 5.91 Å². The first-order chi connectivity index (χ1) is 11.1. The fourth-order valence-corrected chi connectivity index (χ4v) is 2.69. The number of carbonyl (C=O) groups is 2.